The van der Waals surface area contributed by atoms with Gasteiger partial charge >= 0.3 is 0 Å². The Morgan fingerprint density at radius 1 is 1.48 bits per heavy atom. The average Bonchev–Trinajstić information content (AvgIpc) is 2.84. The zero-order valence-corrected chi connectivity index (χ0v) is 13.9. The average molecular weight is 314 g/mol. The Kier molecular flexibility index (Phi) is 5.40. The first-order chi connectivity index (χ1) is 9.90. The molecule has 2 rings (SSSR count). The molecular weight excluding hydrogens is 288 g/mol. The van der Waals surface area contributed by atoms with Gasteiger partial charge in [-0.05, 0) is 18.8 Å². The highest BCUT2D eigenvalue weighted by molar-refractivity contribution is 7.88. The molecule has 1 N–H and O–H groups in total. The Hall–Kier alpha value is -0.920. The summed E-state index contributed by atoms with van der Waals surface area (Å²) in [5.74, 6) is 0.319. The zero-order valence-electron chi connectivity index (χ0n) is 13.1. The Labute approximate surface area is 127 Å². The zero-order chi connectivity index (χ0) is 15.5. The Morgan fingerprint density at radius 2 is 2.24 bits per heavy atom. The molecule has 6 nitrogen and oxygen atoms in total. The van der Waals surface area contributed by atoms with Gasteiger partial charge in [-0.1, -0.05) is 13.8 Å². The second-order valence-electron chi connectivity index (χ2n) is 5.99. The molecule has 2 heterocycles. The summed E-state index contributed by atoms with van der Waals surface area (Å²) in [6.45, 7) is 7.19. The minimum Gasteiger partial charge on any atom is -0.309 e. The van der Waals surface area contributed by atoms with Gasteiger partial charge in [0.2, 0.25) is 10.0 Å². The van der Waals surface area contributed by atoms with Gasteiger partial charge in [0.1, 0.15) is 0 Å². The lowest BCUT2D eigenvalue weighted by Gasteiger charge is -2.36. The highest BCUT2D eigenvalue weighted by atomic mass is 32.2. The van der Waals surface area contributed by atoms with E-state index in [1.54, 1.807) is 4.31 Å². The number of hydrogen-bond donors (Lipinski definition) is 1. The maximum absolute atomic E-state index is 11.6. The van der Waals surface area contributed by atoms with Crippen molar-refractivity contribution in [1.29, 1.82) is 0 Å². The Balaban J connectivity index is 1.84. The van der Waals surface area contributed by atoms with Crippen LogP contribution in [0.4, 0.5) is 0 Å². The largest absolute Gasteiger partial charge is 0.309 e. The molecule has 0 unspecified atom stereocenters. The monoisotopic (exact) mass is 314 g/mol. The molecular formula is C14H26N4O2S. The van der Waals surface area contributed by atoms with Crippen LogP contribution in [0.15, 0.2) is 12.4 Å². The first kappa shape index (κ1) is 16.5. The molecule has 2 atom stereocenters. The molecule has 1 aromatic rings. The highest BCUT2D eigenvalue weighted by Gasteiger charge is 2.29. The molecule has 1 saturated heterocycles. The summed E-state index contributed by atoms with van der Waals surface area (Å²) in [5.41, 5.74) is 1.18. The summed E-state index contributed by atoms with van der Waals surface area (Å²) in [4.78, 5) is 0. The molecule has 1 aliphatic heterocycles. The van der Waals surface area contributed by atoms with Crippen molar-refractivity contribution >= 4 is 10.0 Å². The van der Waals surface area contributed by atoms with Gasteiger partial charge in [-0.25, -0.2) is 12.7 Å². The smallest absolute Gasteiger partial charge is 0.211 e. The van der Waals surface area contributed by atoms with Crippen molar-refractivity contribution < 1.29 is 8.42 Å². The Morgan fingerprint density at radius 3 is 2.86 bits per heavy atom. The first-order valence-electron chi connectivity index (χ1n) is 7.60. The van der Waals surface area contributed by atoms with E-state index in [1.807, 2.05) is 10.9 Å². The van der Waals surface area contributed by atoms with E-state index in [1.165, 1.54) is 11.8 Å². The molecule has 0 bridgehead atoms. The first-order valence-corrected chi connectivity index (χ1v) is 9.44. The van der Waals surface area contributed by atoms with Crippen LogP contribution in [0, 0.1) is 5.92 Å². The lowest BCUT2D eigenvalue weighted by Crippen LogP contribution is -2.49. The third-order valence-corrected chi connectivity index (χ3v) is 5.31. The predicted molar refractivity (Wildman–Crippen MR) is 83.3 cm³/mol. The standard InChI is InChI=1S/C14H26N4O2S/c1-4-6-17-11-13(9-16-17)8-15-14-5-7-18(10-12(14)2)21(3,19)20/h9,11-12,14-15H,4-8,10H2,1-3H3/t12-,14-/m0/s1. The van der Waals surface area contributed by atoms with Gasteiger partial charge in [0.15, 0.2) is 0 Å². The van der Waals surface area contributed by atoms with Gasteiger partial charge in [-0.3, -0.25) is 4.68 Å². The summed E-state index contributed by atoms with van der Waals surface area (Å²) >= 11 is 0. The minimum absolute atomic E-state index is 0.319. The van der Waals surface area contributed by atoms with E-state index in [2.05, 4.69) is 30.5 Å². The summed E-state index contributed by atoms with van der Waals surface area (Å²) in [6, 6.07) is 0.359. The number of aryl methyl sites for hydroxylation is 1. The van der Waals surface area contributed by atoms with E-state index < -0.39 is 10.0 Å². The van der Waals surface area contributed by atoms with Crippen molar-refractivity contribution in [2.24, 2.45) is 5.92 Å². The fourth-order valence-corrected chi connectivity index (χ4v) is 3.75. The van der Waals surface area contributed by atoms with E-state index >= 15 is 0 Å². The highest BCUT2D eigenvalue weighted by Crippen LogP contribution is 2.19. The third-order valence-electron chi connectivity index (χ3n) is 4.04. The molecule has 0 radical (unpaired) electrons. The molecule has 120 valence electrons. The molecule has 0 spiro atoms. The number of piperidine rings is 1. The second kappa shape index (κ2) is 6.89. The van der Waals surface area contributed by atoms with Crippen LogP contribution in [0.5, 0.6) is 0 Å². The minimum atomic E-state index is -3.06. The molecule has 0 saturated carbocycles. The topological polar surface area (TPSA) is 67.2 Å². The maximum Gasteiger partial charge on any atom is 0.211 e. The fourth-order valence-electron chi connectivity index (χ4n) is 2.81. The molecule has 7 heteroatoms. The van der Waals surface area contributed by atoms with Crippen LogP contribution in [0.1, 0.15) is 32.3 Å². The van der Waals surface area contributed by atoms with Crippen LogP contribution in [0.25, 0.3) is 0 Å². The van der Waals surface area contributed by atoms with Gasteiger partial charge in [0.25, 0.3) is 0 Å². The Bertz CT molecular complexity index is 555. The van der Waals surface area contributed by atoms with E-state index in [0.717, 1.165) is 25.9 Å². The van der Waals surface area contributed by atoms with Crippen molar-refractivity contribution in [3.8, 4) is 0 Å². The summed E-state index contributed by atoms with van der Waals surface area (Å²) in [5, 5.41) is 7.86. The van der Waals surface area contributed by atoms with Crippen LogP contribution < -0.4 is 5.32 Å². The number of rotatable bonds is 6. The fraction of sp³-hybridized carbons (Fsp3) is 0.786. The molecule has 1 fully saturated rings. The predicted octanol–water partition coefficient (Wildman–Crippen LogP) is 1.05. The quantitative estimate of drug-likeness (QED) is 0.852. The van der Waals surface area contributed by atoms with Crippen molar-refractivity contribution in [2.45, 2.75) is 45.8 Å². The number of hydrogen-bond acceptors (Lipinski definition) is 4. The van der Waals surface area contributed by atoms with Crippen molar-refractivity contribution in [3.63, 3.8) is 0 Å². The summed E-state index contributed by atoms with van der Waals surface area (Å²) < 4.78 is 26.7. The van der Waals surface area contributed by atoms with Crippen LogP contribution in [-0.2, 0) is 23.1 Å². The summed E-state index contributed by atoms with van der Waals surface area (Å²) in [6.07, 6.45) is 7.20. The number of aromatic nitrogens is 2. The van der Waals surface area contributed by atoms with E-state index in [4.69, 9.17) is 0 Å². The molecule has 21 heavy (non-hydrogen) atoms. The van der Waals surface area contributed by atoms with Gasteiger partial charge < -0.3 is 5.32 Å². The lowest BCUT2D eigenvalue weighted by atomic mass is 9.95. The van der Waals surface area contributed by atoms with E-state index in [9.17, 15) is 8.42 Å². The molecule has 0 aromatic carbocycles. The van der Waals surface area contributed by atoms with Crippen molar-refractivity contribution in [3.05, 3.63) is 18.0 Å². The van der Waals surface area contributed by atoms with Crippen LogP contribution >= 0.6 is 0 Å². The van der Waals surface area contributed by atoms with Crippen LogP contribution in [-0.4, -0.2) is 47.9 Å². The van der Waals surface area contributed by atoms with Gasteiger partial charge in [-0.15, -0.1) is 0 Å². The van der Waals surface area contributed by atoms with E-state index in [0.29, 0.717) is 25.0 Å². The van der Waals surface area contributed by atoms with Gasteiger partial charge in [0, 0.05) is 44.0 Å². The third kappa shape index (κ3) is 4.52. The van der Waals surface area contributed by atoms with Gasteiger partial charge in [0.05, 0.1) is 12.5 Å². The van der Waals surface area contributed by atoms with Crippen LogP contribution in [0.3, 0.4) is 0 Å². The normalized spacial score (nSPS) is 24.3. The maximum atomic E-state index is 11.6. The molecule has 1 aliphatic rings. The molecule has 0 amide bonds. The molecule has 0 aliphatic carbocycles. The molecule has 1 aromatic heterocycles. The van der Waals surface area contributed by atoms with Crippen molar-refractivity contribution in [1.82, 2.24) is 19.4 Å². The van der Waals surface area contributed by atoms with E-state index in [-0.39, 0.29) is 0 Å². The lowest BCUT2D eigenvalue weighted by molar-refractivity contribution is 0.220. The second-order valence-corrected chi connectivity index (χ2v) is 7.97. The number of nitrogens with one attached hydrogen (secondary N) is 1. The van der Waals surface area contributed by atoms with Gasteiger partial charge in [-0.2, -0.15) is 5.10 Å². The number of sulfonamides is 1. The number of nitrogens with zero attached hydrogens (tertiary/aromatic N) is 3. The van der Waals surface area contributed by atoms with Crippen LogP contribution in [0.2, 0.25) is 0 Å². The SMILES string of the molecule is CCCn1cc(CN[C@H]2CCN(S(C)(=O)=O)C[C@@H]2C)cn1. The summed E-state index contributed by atoms with van der Waals surface area (Å²) in [7, 11) is -3.06. The van der Waals surface area contributed by atoms with Crippen molar-refractivity contribution in [2.75, 3.05) is 19.3 Å².